The topological polar surface area (TPSA) is 55.6 Å². The largest absolute Gasteiger partial charge is 0.371 e. The fourth-order valence-electron chi connectivity index (χ4n) is 3.02. The van der Waals surface area contributed by atoms with Crippen molar-refractivity contribution >= 4 is 17.0 Å². The predicted octanol–water partition coefficient (Wildman–Crippen LogP) is 3.98. The molecule has 0 radical (unpaired) electrons. The summed E-state index contributed by atoms with van der Waals surface area (Å²) < 4.78 is 2.20. The monoisotopic (exact) mass is 309 g/mol. The molecule has 0 unspecified atom stereocenters. The summed E-state index contributed by atoms with van der Waals surface area (Å²) in [5.41, 5.74) is 3.14. The van der Waals surface area contributed by atoms with Crippen LogP contribution in [0.4, 0.5) is 5.82 Å². The maximum absolute atomic E-state index is 4.41. The summed E-state index contributed by atoms with van der Waals surface area (Å²) in [5.74, 6) is 0.807. The van der Waals surface area contributed by atoms with E-state index in [1.54, 1.807) is 6.33 Å². The Balaban J connectivity index is 0.000000188. The van der Waals surface area contributed by atoms with Gasteiger partial charge in [-0.3, -0.25) is 0 Å². The highest BCUT2D eigenvalue weighted by atomic mass is 15.2. The van der Waals surface area contributed by atoms with E-state index in [9.17, 15) is 0 Å². The van der Waals surface area contributed by atoms with E-state index < -0.39 is 0 Å². The molecule has 0 atom stereocenters. The lowest BCUT2D eigenvalue weighted by Crippen LogP contribution is -2.04. The third-order valence-corrected chi connectivity index (χ3v) is 4.25. The molecular weight excluding hydrogens is 286 g/mol. The summed E-state index contributed by atoms with van der Waals surface area (Å²) in [5, 5.41) is 3.05. The van der Waals surface area contributed by atoms with Crippen LogP contribution in [-0.4, -0.2) is 26.6 Å². The lowest BCUT2D eigenvalue weighted by molar-refractivity contribution is 0.529. The minimum atomic E-state index is 0.574. The van der Waals surface area contributed by atoms with Crippen LogP contribution in [0.1, 0.15) is 37.3 Å². The van der Waals surface area contributed by atoms with E-state index in [1.165, 1.54) is 31.2 Å². The van der Waals surface area contributed by atoms with Gasteiger partial charge < -0.3 is 9.88 Å². The number of fused-ring (bicyclic) bond motifs is 1. The first-order chi connectivity index (χ1) is 11.3. The normalized spacial score (nSPS) is 14.5. The Morgan fingerprint density at radius 3 is 2.39 bits per heavy atom. The molecule has 2 heterocycles. The number of anilines is 1. The fourth-order valence-corrected chi connectivity index (χ4v) is 3.02. The van der Waals surface area contributed by atoms with Crippen LogP contribution in [0.5, 0.6) is 0 Å². The molecule has 1 saturated carbocycles. The molecule has 1 aliphatic carbocycles. The van der Waals surface area contributed by atoms with Crippen molar-refractivity contribution in [2.45, 2.75) is 38.6 Å². The van der Waals surface area contributed by atoms with Crippen molar-refractivity contribution in [3.05, 3.63) is 48.5 Å². The van der Waals surface area contributed by atoms with E-state index >= 15 is 0 Å². The second-order valence-electron chi connectivity index (χ2n) is 5.89. The van der Waals surface area contributed by atoms with Gasteiger partial charge in [-0.2, -0.15) is 0 Å². The number of aromatic nitrogens is 4. The number of imidazole rings is 1. The average molecular weight is 309 g/mol. The lowest BCUT2D eigenvalue weighted by Gasteiger charge is -2.11. The molecule has 4 rings (SSSR count). The van der Waals surface area contributed by atoms with Gasteiger partial charge in [0.15, 0.2) is 11.5 Å². The number of nitrogens with zero attached hydrogens (tertiary/aromatic N) is 4. The van der Waals surface area contributed by atoms with Crippen molar-refractivity contribution < 1.29 is 0 Å². The van der Waals surface area contributed by atoms with Crippen LogP contribution < -0.4 is 5.32 Å². The summed E-state index contributed by atoms with van der Waals surface area (Å²) in [6.07, 6.45) is 8.61. The van der Waals surface area contributed by atoms with Crippen LogP contribution in [0, 0.1) is 6.92 Å². The Labute approximate surface area is 136 Å². The van der Waals surface area contributed by atoms with Gasteiger partial charge in [0.25, 0.3) is 0 Å². The van der Waals surface area contributed by atoms with Crippen LogP contribution in [0.2, 0.25) is 0 Å². The van der Waals surface area contributed by atoms with Crippen LogP contribution in [0.25, 0.3) is 11.2 Å². The molecule has 1 fully saturated rings. The molecule has 0 bridgehead atoms. The number of hydrogen-bond acceptors (Lipinski definition) is 4. The highest BCUT2D eigenvalue weighted by molar-refractivity contribution is 5.82. The van der Waals surface area contributed by atoms with Crippen LogP contribution in [-0.2, 0) is 0 Å². The highest BCUT2D eigenvalue weighted by Gasteiger charge is 2.20. The molecule has 5 nitrogen and oxygen atoms in total. The Hall–Kier alpha value is -2.43. The molecular formula is C18H23N5. The standard InChI is InChI=1S/C11H15N5.C7H8/c1-12-10-9-11(14-6-13-10)16(7-15-9)8-4-2-3-5-8;1-7-5-3-2-4-6-7/h6-8H,2-5H2,1H3,(H,12,13,14);2-6H,1H3. The van der Waals surface area contributed by atoms with Gasteiger partial charge in [0, 0.05) is 13.1 Å². The highest BCUT2D eigenvalue weighted by Crippen LogP contribution is 2.32. The van der Waals surface area contributed by atoms with Gasteiger partial charge in [0.2, 0.25) is 0 Å². The number of aryl methyl sites for hydroxylation is 1. The van der Waals surface area contributed by atoms with Gasteiger partial charge in [-0.15, -0.1) is 0 Å². The zero-order valence-corrected chi connectivity index (χ0v) is 13.7. The summed E-state index contributed by atoms with van der Waals surface area (Å²) in [4.78, 5) is 12.9. The fraction of sp³-hybridized carbons (Fsp3) is 0.389. The lowest BCUT2D eigenvalue weighted by atomic mass is 10.2. The third-order valence-electron chi connectivity index (χ3n) is 4.25. The van der Waals surface area contributed by atoms with E-state index in [0.717, 1.165) is 17.0 Å². The summed E-state index contributed by atoms with van der Waals surface area (Å²) in [6, 6.07) is 10.8. The Morgan fingerprint density at radius 2 is 1.78 bits per heavy atom. The maximum Gasteiger partial charge on any atom is 0.165 e. The first-order valence-corrected chi connectivity index (χ1v) is 8.16. The SMILES string of the molecule is CNc1ncnc2c1ncn2C1CCCC1.Cc1ccccc1. The number of rotatable bonds is 2. The summed E-state index contributed by atoms with van der Waals surface area (Å²) in [6.45, 7) is 2.08. The van der Waals surface area contributed by atoms with E-state index in [0.29, 0.717) is 6.04 Å². The molecule has 120 valence electrons. The quantitative estimate of drug-likeness (QED) is 0.778. The summed E-state index contributed by atoms with van der Waals surface area (Å²) >= 11 is 0. The average Bonchev–Trinajstić information content (AvgIpc) is 3.24. The minimum Gasteiger partial charge on any atom is -0.371 e. The molecule has 0 amide bonds. The smallest absolute Gasteiger partial charge is 0.165 e. The van der Waals surface area contributed by atoms with Crippen LogP contribution in [0.3, 0.4) is 0 Å². The van der Waals surface area contributed by atoms with Crippen molar-refractivity contribution in [1.29, 1.82) is 0 Å². The third kappa shape index (κ3) is 3.50. The van der Waals surface area contributed by atoms with E-state index in [-0.39, 0.29) is 0 Å². The molecule has 3 aromatic rings. The Bertz CT molecular complexity index is 744. The molecule has 5 heteroatoms. The summed E-state index contributed by atoms with van der Waals surface area (Å²) in [7, 11) is 1.86. The van der Waals surface area contributed by atoms with E-state index in [1.807, 2.05) is 31.6 Å². The Kier molecular flexibility index (Phi) is 4.86. The maximum atomic E-state index is 4.41. The van der Waals surface area contributed by atoms with Crippen molar-refractivity contribution in [2.24, 2.45) is 0 Å². The van der Waals surface area contributed by atoms with E-state index in [4.69, 9.17) is 0 Å². The van der Waals surface area contributed by atoms with Gasteiger partial charge in [-0.25, -0.2) is 15.0 Å². The molecule has 23 heavy (non-hydrogen) atoms. The van der Waals surface area contributed by atoms with Crippen molar-refractivity contribution in [3.63, 3.8) is 0 Å². The predicted molar refractivity (Wildman–Crippen MR) is 93.6 cm³/mol. The zero-order chi connectivity index (χ0) is 16.1. The van der Waals surface area contributed by atoms with E-state index in [2.05, 4.69) is 43.9 Å². The van der Waals surface area contributed by atoms with Crippen LogP contribution in [0.15, 0.2) is 43.0 Å². The van der Waals surface area contributed by atoms with Crippen molar-refractivity contribution in [1.82, 2.24) is 19.5 Å². The molecule has 2 aromatic heterocycles. The zero-order valence-electron chi connectivity index (χ0n) is 13.7. The van der Waals surface area contributed by atoms with Gasteiger partial charge in [0.05, 0.1) is 6.33 Å². The van der Waals surface area contributed by atoms with Crippen LogP contribution >= 0.6 is 0 Å². The first-order valence-electron chi connectivity index (χ1n) is 8.16. The molecule has 0 aliphatic heterocycles. The van der Waals surface area contributed by atoms with Gasteiger partial charge >= 0.3 is 0 Å². The molecule has 1 aliphatic rings. The second-order valence-corrected chi connectivity index (χ2v) is 5.89. The molecule has 1 N–H and O–H groups in total. The van der Waals surface area contributed by atoms with Gasteiger partial charge in [0.1, 0.15) is 11.8 Å². The second kappa shape index (κ2) is 7.22. The van der Waals surface area contributed by atoms with Gasteiger partial charge in [-0.1, -0.05) is 48.7 Å². The van der Waals surface area contributed by atoms with Gasteiger partial charge in [-0.05, 0) is 19.8 Å². The minimum absolute atomic E-state index is 0.574. The Morgan fingerprint density at radius 1 is 1.04 bits per heavy atom. The molecule has 0 saturated heterocycles. The number of hydrogen-bond donors (Lipinski definition) is 1. The number of nitrogens with one attached hydrogen (secondary N) is 1. The van der Waals surface area contributed by atoms with Crippen molar-refractivity contribution in [3.8, 4) is 0 Å². The molecule has 1 aromatic carbocycles. The van der Waals surface area contributed by atoms with Crippen molar-refractivity contribution in [2.75, 3.05) is 12.4 Å². The number of benzene rings is 1. The molecule has 0 spiro atoms. The first kappa shape index (κ1) is 15.5.